The number of hydrogen-bond donors (Lipinski definition) is 1. The molecule has 0 unspecified atom stereocenters. The van der Waals surface area contributed by atoms with Crippen LogP contribution in [-0.2, 0) is 4.79 Å². The third kappa shape index (κ3) is 6.29. The van der Waals surface area contributed by atoms with Crippen LogP contribution in [0, 0.1) is 0 Å². The van der Waals surface area contributed by atoms with E-state index >= 15 is 0 Å². The highest BCUT2D eigenvalue weighted by Gasteiger charge is 2.32. The number of ketones is 2. The second-order valence-corrected chi connectivity index (χ2v) is 11.8. The van der Waals surface area contributed by atoms with E-state index < -0.39 is 22.8 Å². The number of allylic oxidation sites excluding steroid dienone is 3. The molecule has 6 rings (SSSR count). The highest BCUT2D eigenvalue weighted by Crippen LogP contribution is 2.47. The quantitative estimate of drug-likeness (QED) is 0.129. The standard InChI is InChI=1S/C23H22O6.C15H14O3/c1-23(2)11-10-15-16(29-23)12-17-19(20(15)26-4)21(27-5)18(22(24)28-17)13-6-8-14(25-3)9-7-13;1-9(2)7-8-12-13(16)10-5-3-4-6-11(10)14(17)15(12)18/h6-12H,1-5H3;3-7,16H,8H2,1-2H3. The molecule has 0 bridgehead atoms. The lowest BCUT2D eigenvalue weighted by atomic mass is 9.87. The van der Waals surface area contributed by atoms with Gasteiger partial charge in [0, 0.05) is 22.8 Å². The first-order valence-electron chi connectivity index (χ1n) is 14.9. The number of rotatable bonds is 6. The monoisotopic (exact) mass is 636 g/mol. The number of aliphatic hydroxyl groups excluding tert-OH is 1. The number of benzene rings is 3. The molecule has 1 aliphatic heterocycles. The van der Waals surface area contributed by atoms with Gasteiger partial charge in [0.15, 0.2) is 0 Å². The Hall–Kier alpha value is -5.57. The van der Waals surface area contributed by atoms with Crippen molar-refractivity contribution < 1.29 is 38.1 Å². The van der Waals surface area contributed by atoms with E-state index in [9.17, 15) is 19.5 Å². The second-order valence-electron chi connectivity index (χ2n) is 11.8. The molecule has 3 aromatic carbocycles. The molecule has 1 aliphatic carbocycles. The van der Waals surface area contributed by atoms with Crippen LogP contribution >= 0.6 is 0 Å². The number of Topliss-reactive ketones (excluding diaryl/α,β-unsaturated/α-hetero) is 2. The van der Waals surface area contributed by atoms with Gasteiger partial charge in [-0.3, -0.25) is 9.59 Å². The summed E-state index contributed by atoms with van der Waals surface area (Å²) in [6.07, 6.45) is 6.02. The highest BCUT2D eigenvalue weighted by molar-refractivity contribution is 6.52. The van der Waals surface area contributed by atoms with Crippen LogP contribution in [0.15, 0.2) is 87.1 Å². The Morgan fingerprint density at radius 1 is 0.872 bits per heavy atom. The van der Waals surface area contributed by atoms with E-state index in [1.165, 1.54) is 7.11 Å². The first-order valence-corrected chi connectivity index (χ1v) is 14.9. The molecule has 242 valence electrons. The summed E-state index contributed by atoms with van der Waals surface area (Å²) >= 11 is 0. The number of methoxy groups -OCH3 is 3. The molecule has 0 radical (unpaired) electrons. The first kappa shape index (κ1) is 32.8. The number of aliphatic hydroxyl groups is 1. The third-order valence-electron chi connectivity index (χ3n) is 7.83. The molecule has 0 amide bonds. The molecule has 0 saturated heterocycles. The van der Waals surface area contributed by atoms with Gasteiger partial charge in [-0.2, -0.15) is 0 Å². The normalized spacial score (nSPS) is 14.4. The van der Waals surface area contributed by atoms with E-state index in [0.717, 1.165) is 11.1 Å². The molecule has 0 fully saturated rings. The summed E-state index contributed by atoms with van der Waals surface area (Å²) in [6, 6.07) is 15.5. The number of carbonyl (C=O) groups is 2. The van der Waals surface area contributed by atoms with E-state index in [4.69, 9.17) is 23.4 Å². The molecule has 9 heteroatoms. The maximum Gasteiger partial charge on any atom is 0.347 e. The van der Waals surface area contributed by atoms with E-state index in [1.54, 1.807) is 68.8 Å². The van der Waals surface area contributed by atoms with Gasteiger partial charge in [0.1, 0.15) is 50.9 Å². The van der Waals surface area contributed by atoms with Crippen molar-refractivity contribution in [2.45, 2.75) is 39.7 Å². The lowest BCUT2D eigenvalue weighted by molar-refractivity contribution is -0.112. The number of fused-ring (bicyclic) bond motifs is 3. The minimum atomic E-state index is -0.608. The van der Waals surface area contributed by atoms with Crippen molar-refractivity contribution >= 4 is 34.4 Å². The lowest BCUT2D eigenvalue weighted by Crippen LogP contribution is -2.27. The SMILES string of the molecule is CC(C)=CCC1=C(O)c2ccccc2C(=O)C1=O.COc1ccc(-c2c(OC)c3c(OC)c4c(cc3oc2=O)OC(C)(C)C=C4)cc1. The minimum absolute atomic E-state index is 0.0762. The largest absolute Gasteiger partial charge is 0.507 e. The van der Waals surface area contributed by atoms with Crippen LogP contribution in [0.5, 0.6) is 23.0 Å². The van der Waals surface area contributed by atoms with Gasteiger partial charge in [0.05, 0.1) is 26.9 Å². The summed E-state index contributed by atoms with van der Waals surface area (Å²) < 4.78 is 28.3. The molecular formula is C38H36O9. The smallest absolute Gasteiger partial charge is 0.347 e. The van der Waals surface area contributed by atoms with Gasteiger partial charge < -0.3 is 28.5 Å². The fourth-order valence-corrected chi connectivity index (χ4v) is 5.47. The molecule has 4 aromatic rings. The molecule has 0 atom stereocenters. The van der Waals surface area contributed by atoms with Crippen LogP contribution in [0.1, 0.15) is 55.6 Å². The van der Waals surface area contributed by atoms with Crippen LogP contribution in [0.3, 0.4) is 0 Å². The van der Waals surface area contributed by atoms with E-state index in [0.29, 0.717) is 50.7 Å². The van der Waals surface area contributed by atoms with Crippen LogP contribution in [0.25, 0.3) is 33.9 Å². The Balaban J connectivity index is 0.000000207. The first-order chi connectivity index (χ1) is 22.4. The van der Waals surface area contributed by atoms with E-state index in [2.05, 4.69) is 0 Å². The van der Waals surface area contributed by atoms with Gasteiger partial charge in [-0.25, -0.2) is 4.79 Å². The Bertz CT molecular complexity index is 2040. The Labute approximate surface area is 272 Å². The molecule has 2 aliphatic rings. The average Bonchev–Trinajstić information content (AvgIpc) is 3.05. The second kappa shape index (κ2) is 13.0. The number of carbonyl (C=O) groups excluding carboxylic acids is 2. The van der Waals surface area contributed by atoms with Gasteiger partial charge >= 0.3 is 5.63 Å². The zero-order chi connectivity index (χ0) is 34.0. The predicted molar refractivity (Wildman–Crippen MR) is 181 cm³/mol. The van der Waals surface area contributed by atoms with Crippen molar-refractivity contribution in [3.8, 4) is 34.1 Å². The van der Waals surface area contributed by atoms with Gasteiger partial charge in [0.2, 0.25) is 11.6 Å². The van der Waals surface area contributed by atoms with Crippen molar-refractivity contribution in [2.24, 2.45) is 0 Å². The van der Waals surface area contributed by atoms with Gasteiger partial charge in [-0.05, 0) is 64.0 Å². The third-order valence-corrected chi connectivity index (χ3v) is 7.83. The van der Waals surface area contributed by atoms with E-state index in [-0.39, 0.29) is 23.3 Å². The van der Waals surface area contributed by atoms with Crippen molar-refractivity contribution in [1.82, 2.24) is 0 Å². The Morgan fingerprint density at radius 2 is 1.53 bits per heavy atom. The summed E-state index contributed by atoms with van der Waals surface area (Å²) in [7, 11) is 4.68. The Morgan fingerprint density at radius 3 is 2.15 bits per heavy atom. The minimum Gasteiger partial charge on any atom is -0.507 e. The lowest BCUT2D eigenvalue weighted by Gasteiger charge is -2.29. The maximum absolute atomic E-state index is 12.9. The van der Waals surface area contributed by atoms with Crippen molar-refractivity contribution in [3.05, 3.63) is 105 Å². The average molecular weight is 637 g/mol. The predicted octanol–water partition coefficient (Wildman–Crippen LogP) is 7.75. The number of ether oxygens (including phenoxy) is 4. The van der Waals surface area contributed by atoms with Crippen LogP contribution < -0.4 is 24.6 Å². The van der Waals surface area contributed by atoms with Crippen molar-refractivity contribution in [1.29, 1.82) is 0 Å². The molecule has 2 heterocycles. The molecule has 0 saturated carbocycles. The molecule has 9 nitrogen and oxygen atoms in total. The van der Waals surface area contributed by atoms with Crippen molar-refractivity contribution in [2.75, 3.05) is 21.3 Å². The molecule has 1 N–H and O–H groups in total. The Kier molecular flexibility index (Phi) is 9.10. The van der Waals surface area contributed by atoms with E-state index in [1.807, 2.05) is 45.9 Å². The summed E-state index contributed by atoms with van der Waals surface area (Å²) in [4.78, 5) is 36.7. The molecule has 1 aromatic heterocycles. The zero-order valence-electron chi connectivity index (χ0n) is 27.3. The van der Waals surface area contributed by atoms with Crippen LogP contribution in [0.4, 0.5) is 0 Å². The topological polar surface area (TPSA) is 122 Å². The highest BCUT2D eigenvalue weighted by atomic mass is 16.5. The molecule has 47 heavy (non-hydrogen) atoms. The van der Waals surface area contributed by atoms with Crippen molar-refractivity contribution in [3.63, 3.8) is 0 Å². The van der Waals surface area contributed by atoms with Gasteiger partial charge in [0.25, 0.3) is 0 Å². The molecule has 0 spiro atoms. The fourth-order valence-electron chi connectivity index (χ4n) is 5.47. The summed E-state index contributed by atoms with van der Waals surface area (Å²) in [5.41, 5.74) is 3.05. The summed E-state index contributed by atoms with van der Waals surface area (Å²) in [6.45, 7) is 7.71. The maximum atomic E-state index is 12.9. The number of hydrogen-bond acceptors (Lipinski definition) is 9. The zero-order valence-corrected chi connectivity index (χ0v) is 27.3. The van der Waals surface area contributed by atoms with Crippen LogP contribution in [-0.4, -0.2) is 43.6 Å². The summed E-state index contributed by atoms with van der Waals surface area (Å²) in [5.74, 6) is 0.967. The fraction of sp³-hybridized carbons (Fsp3) is 0.237. The van der Waals surface area contributed by atoms with Gasteiger partial charge in [-0.15, -0.1) is 0 Å². The molecular weight excluding hydrogens is 600 g/mol. The van der Waals surface area contributed by atoms with Gasteiger partial charge in [-0.1, -0.05) is 48.0 Å². The summed E-state index contributed by atoms with van der Waals surface area (Å²) in [5, 5.41) is 10.7. The van der Waals surface area contributed by atoms with Crippen LogP contribution in [0.2, 0.25) is 0 Å².